The lowest BCUT2D eigenvalue weighted by atomic mass is 10.2. The third-order valence-corrected chi connectivity index (χ3v) is 3.10. The summed E-state index contributed by atoms with van der Waals surface area (Å²) in [5, 5.41) is 2.86. The minimum Gasteiger partial charge on any atom is -0.466 e. The van der Waals surface area contributed by atoms with Gasteiger partial charge in [-0.25, -0.2) is 0 Å². The largest absolute Gasteiger partial charge is 0.466 e. The molecule has 17 heavy (non-hydrogen) atoms. The second kappa shape index (κ2) is 6.81. The summed E-state index contributed by atoms with van der Waals surface area (Å²) < 4.78 is 10.3. The monoisotopic (exact) mass is 303 g/mol. The highest BCUT2D eigenvalue weighted by molar-refractivity contribution is 9.09. The average Bonchev–Trinajstić information content (AvgIpc) is 2.58. The Bertz CT molecular complexity index is 376. The van der Waals surface area contributed by atoms with Gasteiger partial charge in [-0.1, -0.05) is 15.9 Å². The molecule has 0 bridgehead atoms. The first-order valence-corrected chi connectivity index (χ1v) is 6.44. The minimum atomic E-state index is -0.0866. The highest BCUT2D eigenvalue weighted by Crippen LogP contribution is 2.13. The maximum absolute atomic E-state index is 11.8. The number of hydrogen-bond donors (Lipinski definition) is 1. The number of furan rings is 1. The van der Waals surface area contributed by atoms with E-state index in [0.29, 0.717) is 24.5 Å². The van der Waals surface area contributed by atoms with Crippen LogP contribution in [-0.4, -0.2) is 31.0 Å². The highest BCUT2D eigenvalue weighted by atomic mass is 79.9. The van der Waals surface area contributed by atoms with Gasteiger partial charge in [0.05, 0.1) is 12.2 Å². The molecule has 0 spiro atoms. The number of ether oxygens (including phenoxy) is 1. The zero-order valence-corrected chi connectivity index (χ0v) is 12.0. The fourth-order valence-electron chi connectivity index (χ4n) is 1.56. The van der Waals surface area contributed by atoms with Crippen molar-refractivity contribution in [1.29, 1.82) is 0 Å². The summed E-state index contributed by atoms with van der Waals surface area (Å²) in [5.74, 6) is 1.33. The fraction of sp³-hybridized carbons (Fsp3) is 0.583. The number of nitrogens with one attached hydrogen (secondary N) is 1. The SMILES string of the molecule is COCC(Br)CCNC(=O)c1cc(C)oc1C. The fourth-order valence-corrected chi connectivity index (χ4v) is 2.05. The van der Waals surface area contributed by atoms with Gasteiger partial charge in [0.15, 0.2) is 0 Å². The van der Waals surface area contributed by atoms with E-state index in [-0.39, 0.29) is 10.7 Å². The van der Waals surface area contributed by atoms with Crippen LogP contribution in [0, 0.1) is 13.8 Å². The molecule has 0 radical (unpaired) electrons. The normalized spacial score (nSPS) is 12.5. The van der Waals surface area contributed by atoms with E-state index in [1.54, 1.807) is 20.1 Å². The summed E-state index contributed by atoms with van der Waals surface area (Å²) in [7, 11) is 1.66. The van der Waals surface area contributed by atoms with Gasteiger partial charge in [0.25, 0.3) is 5.91 Å². The lowest BCUT2D eigenvalue weighted by Crippen LogP contribution is -2.27. The molecule has 1 rings (SSSR count). The van der Waals surface area contributed by atoms with Gasteiger partial charge in [0, 0.05) is 18.5 Å². The van der Waals surface area contributed by atoms with Crippen LogP contribution >= 0.6 is 15.9 Å². The lowest BCUT2D eigenvalue weighted by Gasteiger charge is -2.09. The van der Waals surface area contributed by atoms with Gasteiger partial charge >= 0.3 is 0 Å². The number of alkyl halides is 1. The third-order valence-electron chi connectivity index (χ3n) is 2.38. The zero-order valence-electron chi connectivity index (χ0n) is 10.4. The van der Waals surface area contributed by atoms with Crippen molar-refractivity contribution < 1.29 is 13.9 Å². The molecule has 4 nitrogen and oxygen atoms in total. The minimum absolute atomic E-state index is 0.0866. The number of carbonyl (C=O) groups excluding carboxylic acids is 1. The van der Waals surface area contributed by atoms with Crippen molar-refractivity contribution in [2.75, 3.05) is 20.3 Å². The van der Waals surface area contributed by atoms with Gasteiger partial charge in [-0.05, 0) is 26.3 Å². The summed E-state index contributed by atoms with van der Waals surface area (Å²) in [5.41, 5.74) is 0.611. The van der Waals surface area contributed by atoms with Gasteiger partial charge in [0.2, 0.25) is 0 Å². The van der Waals surface area contributed by atoms with Crippen LogP contribution in [0.5, 0.6) is 0 Å². The molecule has 0 fully saturated rings. The van der Waals surface area contributed by atoms with Gasteiger partial charge in [-0.15, -0.1) is 0 Å². The van der Waals surface area contributed by atoms with Gasteiger partial charge in [0.1, 0.15) is 11.5 Å². The number of aryl methyl sites for hydroxylation is 2. The number of amides is 1. The number of halogens is 1. The average molecular weight is 304 g/mol. The Balaban J connectivity index is 2.37. The van der Waals surface area contributed by atoms with Crippen LogP contribution in [0.2, 0.25) is 0 Å². The Hall–Kier alpha value is -0.810. The van der Waals surface area contributed by atoms with Crippen molar-refractivity contribution in [3.8, 4) is 0 Å². The summed E-state index contributed by atoms with van der Waals surface area (Å²) in [6.45, 7) is 4.87. The Morgan fingerprint density at radius 1 is 1.59 bits per heavy atom. The van der Waals surface area contributed by atoms with E-state index < -0.39 is 0 Å². The van der Waals surface area contributed by atoms with Crippen molar-refractivity contribution >= 4 is 21.8 Å². The molecular formula is C12H18BrNO3. The molecule has 0 aliphatic heterocycles. The molecule has 1 amide bonds. The summed E-state index contributed by atoms with van der Waals surface area (Å²) >= 11 is 3.47. The van der Waals surface area contributed by atoms with E-state index in [1.807, 2.05) is 6.92 Å². The first kappa shape index (κ1) is 14.3. The molecule has 1 unspecified atom stereocenters. The quantitative estimate of drug-likeness (QED) is 0.821. The highest BCUT2D eigenvalue weighted by Gasteiger charge is 2.13. The molecule has 5 heteroatoms. The van der Waals surface area contributed by atoms with Crippen LogP contribution in [0.1, 0.15) is 28.3 Å². The molecule has 1 N–H and O–H groups in total. The third kappa shape index (κ3) is 4.52. The second-order valence-electron chi connectivity index (χ2n) is 3.92. The topological polar surface area (TPSA) is 51.5 Å². The van der Waals surface area contributed by atoms with Gasteiger partial charge < -0.3 is 14.5 Å². The van der Waals surface area contributed by atoms with E-state index in [1.165, 1.54) is 0 Å². The maximum Gasteiger partial charge on any atom is 0.254 e. The molecular weight excluding hydrogens is 286 g/mol. The summed E-state index contributed by atoms with van der Waals surface area (Å²) in [6, 6.07) is 1.76. The molecule has 0 saturated heterocycles. The predicted octanol–water partition coefficient (Wildman–Crippen LogP) is 2.43. The number of methoxy groups -OCH3 is 1. The van der Waals surface area contributed by atoms with E-state index in [4.69, 9.17) is 9.15 Å². The van der Waals surface area contributed by atoms with Crippen molar-refractivity contribution in [1.82, 2.24) is 5.32 Å². The molecule has 0 saturated carbocycles. The van der Waals surface area contributed by atoms with Crippen LogP contribution in [0.15, 0.2) is 10.5 Å². The predicted molar refractivity (Wildman–Crippen MR) is 69.7 cm³/mol. The van der Waals surface area contributed by atoms with Crippen molar-refractivity contribution in [2.45, 2.75) is 25.1 Å². The van der Waals surface area contributed by atoms with E-state index in [0.717, 1.165) is 12.2 Å². The Morgan fingerprint density at radius 2 is 2.29 bits per heavy atom. The number of rotatable bonds is 6. The molecule has 0 aliphatic rings. The van der Waals surface area contributed by atoms with Crippen LogP contribution in [0.4, 0.5) is 0 Å². The Morgan fingerprint density at radius 3 is 2.82 bits per heavy atom. The van der Waals surface area contributed by atoms with Gasteiger partial charge in [-0.3, -0.25) is 4.79 Å². The van der Waals surface area contributed by atoms with Gasteiger partial charge in [-0.2, -0.15) is 0 Å². The molecule has 0 aromatic carbocycles. The van der Waals surface area contributed by atoms with Crippen molar-refractivity contribution in [3.63, 3.8) is 0 Å². The molecule has 1 atom stereocenters. The second-order valence-corrected chi connectivity index (χ2v) is 5.22. The zero-order chi connectivity index (χ0) is 12.8. The summed E-state index contributed by atoms with van der Waals surface area (Å²) in [6.07, 6.45) is 0.829. The number of hydrogen-bond acceptors (Lipinski definition) is 3. The molecule has 96 valence electrons. The smallest absolute Gasteiger partial charge is 0.254 e. The standard InChI is InChI=1S/C12H18BrNO3/c1-8-6-11(9(2)17-8)12(15)14-5-4-10(13)7-16-3/h6,10H,4-5,7H2,1-3H3,(H,14,15). The van der Waals surface area contributed by atoms with E-state index >= 15 is 0 Å². The Labute approximate surface area is 110 Å². The molecule has 0 aliphatic carbocycles. The van der Waals surface area contributed by atoms with Crippen molar-refractivity contribution in [2.24, 2.45) is 0 Å². The molecule has 1 aromatic rings. The maximum atomic E-state index is 11.8. The van der Waals surface area contributed by atoms with Crippen LogP contribution in [0.25, 0.3) is 0 Å². The van der Waals surface area contributed by atoms with E-state index in [2.05, 4.69) is 21.2 Å². The Kier molecular flexibility index (Phi) is 5.71. The first-order valence-electron chi connectivity index (χ1n) is 5.52. The van der Waals surface area contributed by atoms with E-state index in [9.17, 15) is 4.79 Å². The van der Waals surface area contributed by atoms with Crippen LogP contribution in [0.3, 0.4) is 0 Å². The molecule has 1 heterocycles. The first-order chi connectivity index (χ1) is 8.04. The van der Waals surface area contributed by atoms with Crippen LogP contribution in [-0.2, 0) is 4.74 Å². The van der Waals surface area contributed by atoms with Crippen LogP contribution < -0.4 is 5.32 Å². The number of carbonyl (C=O) groups is 1. The lowest BCUT2D eigenvalue weighted by molar-refractivity contribution is 0.0950. The summed E-state index contributed by atoms with van der Waals surface area (Å²) in [4.78, 5) is 12.1. The van der Waals surface area contributed by atoms with Crippen molar-refractivity contribution in [3.05, 3.63) is 23.2 Å². The molecule has 1 aromatic heterocycles.